The molecular formula is C39H45N5O6S. The summed E-state index contributed by atoms with van der Waals surface area (Å²) in [6.07, 6.45) is 11.7. The molecule has 3 fully saturated rings. The number of nitrogens with zero attached hydrogens (tertiary/aromatic N) is 4. The van der Waals surface area contributed by atoms with Gasteiger partial charge in [0.1, 0.15) is 5.75 Å². The van der Waals surface area contributed by atoms with E-state index in [1.807, 2.05) is 29.4 Å². The Morgan fingerprint density at radius 3 is 2.45 bits per heavy atom. The van der Waals surface area contributed by atoms with E-state index in [4.69, 9.17) is 14.5 Å². The van der Waals surface area contributed by atoms with Crippen LogP contribution in [0.4, 0.5) is 0 Å². The van der Waals surface area contributed by atoms with E-state index in [1.165, 1.54) is 12.0 Å². The first kappa shape index (κ1) is 33.7. The van der Waals surface area contributed by atoms with Gasteiger partial charge in [0, 0.05) is 41.2 Å². The van der Waals surface area contributed by atoms with Gasteiger partial charge in [0.05, 0.1) is 49.8 Å². The number of fused-ring (bicyclic) bond motifs is 5. The summed E-state index contributed by atoms with van der Waals surface area (Å²) in [6.45, 7) is 5.55. The topological polar surface area (TPSA) is 125 Å². The number of aromatic nitrogens is 3. The van der Waals surface area contributed by atoms with Crippen molar-refractivity contribution in [3.63, 3.8) is 0 Å². The molecule has 0 bridgehead atoms. The molecule has 4 aromatic rings. The second kappa shape index (κ2) is 13.3. The first-order valence-electron chi connectivity index (χ1n) is 18.2. The van der Waals surface area contributed by atoms with Crippen molar-refractivity contribution in [2.45, 2.75) is 82.5 Å². The van der Waals surface area contributed by atoms with E-state index in [9.17, 15) is 18.0 Å². The van der Waals surface area contributed by atoms with E-state index in [2.05, 4.69) is 32.1 Å². The zero-order valence-electron chi connectivity index (χ0n) is 29.5. The Labute approximate surface area is 298 Å². The van der Waals surface area contributed by atoms with E-state index >= 15 is 0 Å². The first-order chi connectivity index (χ1) is 24.6. The number of hydrogen-bond donors (Lipinski definition) is 1. The van der Waals surface area contributed by atoms with Crippen molar-refractivity contribution >= 4 is 44.4 Å². The maximum Gasteiger partial charge on any atom is 0.274 e. The molecule has 4 heterocycles. The van der Waals surface area contributed by atoms with Crippen LogP contribution in [0.15, 0.2) is 42.7 Å². The Morgan fingerprint density at radius 1 is 0.980 bits per heavy atom. The van der Waals surface area contributed by atoms with Gasteiger partial charge in [-0.1, -0.05) is 25.3 Å². The van der Waals surface area contributed by atoms with Crippen molar-refractivity contribution in [2.75, 3.05) is 33.4 Å². The summed E-state index contributed by atoms with van der Waals surface area (Å²) in [5.41, 5.74) is 7.70. The van der Waals surface area contributed by atoms with Gasteiger partial charge in [0.15, 0.2) is 5.69 Å². The Kier molecular flexibility index (Phi) is 8.78. The number of methoxy groups -OCH3 is 1. The van der Waals surface area contributed by atoms with E-state index in [1.54, 1.807) is 27.0 Å². The van der Waals surface area contributed by atoms with Crippen molar-refractivity contribution in [2.24, 2.45) is 0 Å². The maximum absolute atomic E-state index is 14.1. The van der Waals surface area contributed by atoms with Gasteiger partial charge in [-0.05, 0) is 98.6 Å². The highest BCUT2D eigenvalue weighted by atomic mass is 32.2. The molecule has 2 saturated carbocycles. The van der Waals surface area contributed by atoms with E-state index in [0.717, 1.165) is 83.3 Å². The van der Waals surface area contributed by atoms with Crippen LogP contribution in [0.2, 0.25) is 0 Å². The zero-order chi connectivity index (χ0) is 35.4. The average Bonchev–Trinajstić information content (AvgIpc) is 3.85. The molecule has 8 rings (SSSR count). The number of imidazole rings is 1. The highest BCUT2D eigenvalue weighted by Gasteiger charge is 2.35. The van der Waals surface area contributed by atoms with Gasteiger partial charge < -0.3 is 23.5 Å². The molecule has 1 N–H and O–H groups in total. The van der Waals surface area contributed by atoms with Crippen LogP contribution in [0.1, 0.15) is 108 Å². The standard InChI is InChI=1S/C39H45N5O6S/c1-24(2)51(47,48)41-38(45)26-9-13-32-33(21-26)43-22-28(36-35(40-23-44(36)29-10-11-29)39(46)42-15-17-50-18-16-42)19-27-20-30(49-3)12-14-31(27)37(43)34(32)25-7-5-4-6-8-25/h9,12-14,19-21,23-25,29H,4-8,10-11,15-18,22H2,1-3H3,(H,41,45). The predicted octanol–water partition coefficient (Wildman–Crippen LogP) is 6.39. The summed E-state index contributed by atoms with van der Waals surface area (Å²) < 4.78 is 43.5. The average molecular weight is 712 g/mol. The zero-order valence-corrected chi connectivity index (χ0v) is 30.3. The molecule has 2 aliphatic carbocycles. The molecule has 2 aromatic carbocycles. The number of carbonyl (C=O) groups is 2. The highest BCUT2D eigenvalue weighted by Crippen LogP contribution is 2.48. The van der Waals surface area contributed by atoms with Gasteiger partial charge in [-0.3, -0.25) is 9.59 Å². The first-order valence-corrected chi connectivity index (χ1v) is 19.7. The molecule has 1 saturated heterocycles. The molecule has 4 aliphatic rings. The third kappa shape index (κ3) is 6.16. The van der Waals surface area contributed by atoms with Gasteiger partial charge >= 0.3 is 0 Å². The van der Waals surface area contributed by atoms with Crippen LogP contribution in [0.25, 0.3) is 33.8 Å². The normalized spacial score (nSPS) is 18.3. The number of nitrogens with one attached hydrogen (secondary N) is 1. The monoisotopic (exact) mass is 711 g/mol. The number of morpholine rings is 1. The number of allylic oxidation sites excluding steroid dienone is 1. The minimum atomic E-state index is -3.83. The second-order valence-corrected chi connectivity index (χ2v) is 16.8. The number of amides is 2. The van der Waals surface area contributed by atoms with Gasteiger partial charge in [0.25, 0.3) is 11.8 Å². The van der Waals surface area contributed by atoms with Gasteiger partial charge in [-0.15, -0.1) is 0 Å². The van der Waals surface area contributed by atoms with Gasteiger partial charge in [-0.2, -0.15) is 0 Å². The summed E-state index contributed by atoms with van der Waals surface area (Å²) >= 11 is 0. The molecule has 2 aromatic heterocycles. The SMILES string of the molecule is COc1ccc2c(c1)C=C(c1c(C(=O)N3CCOCC3)ncn1C1CC1)Cn1c-2c(C2CCCCC2)c2ccc(C(=O)NS(=O)(=O)C(C)C)cc21. The van der Waals surface area contributed by atoms with Gasteiger partial charge in [-0.25, -0.2) is 18.1 Å². The smallest absolute Gasteiger partial charge is 0.274 e. The number of hydrogen-bond acceptors (Lipinski definition) is 7. The van der Waals surface area contributed by atoms with Gasteiger partial charge in [0.2, 0.25) is 10.0 Å². The lowest BCUT2D eigenvalue weighted by Gasteiger charge is -2.27. The summed E-state index contributed by atoms with van der Waals surface area (Å²) in [4.78, 5) is 34.2. The van der Waals surface area contributed by atoms with E-state index in [-0.39, 0.29) is 17.5 Å². The fourth-order valence-corrected chi connectivity index (χ4v) is 8.63. The molecule has 12 heteroatoms. The molecule has 0 spiro atoms. The minimum Gasteiger partial charge on any atom is -0.497 e. The van der Waals surface area contributed by atoms with Crippen molar-refractivity contribution < 1.29 is 27.5 Å². The van der Waals surface area contributed by atoms with Crippen LogP contribution in [0.5, 0.6) is 5.75 Å². The number of sulfonamides is 1. The molecule has 268 valence electrons. The van der Waals surface area contributed by atoms with Crippen LogP contribution in [-0.2, 0) is 21.3 Å². The lowest BCUT2D eigenvalue weighted by molar-refractivity contribution is 0.0299. The van der Waals surface area contributed by atoms with E-state index in [0.29, 0.717) is 44.5 Å². The minimum absolute atomic E-state index is 0.102. The third-order valence-electron chi connectivity index (χ3n) is 10.9. The number of benzene rings is 2. The van der Waals surface area contributed by atoms with Crippen LogP contribution < -0.4 is 9.46 Å². The Hall–Kier alpha value is -4.42. The number of rotatable bonds is 8. The van der Waals surface area contributed by atoms with E-state index < -0.39 is 21.2 Å². The fourth-order valence-electron chi connectivity index (χ4n) is 8.01. The number of ether oxygens (including phenoxy) is 2. The van der Waals surface area contributed by atoms with Crippen molar-refractivity contribution in [3.05, 3.63) is 70.8 Å². The van der Waals surface area contributed by atoms with Crippen LogP contribution in [0, 0.1) is 0 Å². The molecule has 11 nitrogen and oxygen atoms in total. The Balaban J connectivity index is 1.35. The van der Waals surface area contributed by atoms with Crippen molar-refractivity contribution in [1.29, 1.82) is 0 Å². The van der Waals surface area contributed by atoms with Crippen molar-refractivity contribution in [3.8, 4) is 17.0 Å². The van der Waals surface area contributed by atoms with Crippen LogP contribution >= 0.6 is 0 Å². The van der Waals surface area contributed by atoms with Crippen molar-refractivity contribution in [1.82, 2.24) is 23.7 Å². The molecular weight excluding hydrogens is 667 g/mol. The molecule has 0 unspecified atom stereocenters. The largest absolute Gasteiger partial charge is 0.497 e. The Bertz CT molecular complexity index is 2160. The third-order valence-corrected chi connectivity index (χ3v) is 12.7. The molecule has 0 radical (unpaired) electrons. The summed E-state index contributed by atoms with van der Waals surface area (Å²) in [5, 5.41) is 0.308. The molecule has 51 heavy (non-hydrogen) atoms. The summed E-state index contributed by atoms with van der Waals surface area (Å²) in [7, 11) is -2.16. The Morgan fingerprint density at radius 2 is 1.75 bits per heavy atom. The maximum atomic E-state index is 14.1. The quantitative estimate of drug-likeness (QED) is 0.225. The second-order valence-electron chi connectivity index (χ2n) is 14.5. The number of carbonyl (C=O) groups excluding carboxylic acids is 2. The van der Waals surface area contributed by atoms with Crippen LogP contribution in [-0.4, -0.2) is 77.9 Å². The molecule has 2 amide bonds. The summed E-state index contributed by atoms with van der Waals surface area (Å²) in [5.74, 6) is 0.304. The lowest BCUT2D eigenvalue weighted by atomic mass is 9.81. The fraction of sp³-hybridized carbons (Fsp3) is 0.462. The molecule has 0 atom stereocenters. The molecule has 2 aliphatic heterocycles. The van der Waals surface area contributed by atoms with Crippen LogP contribution in [0.3, 0.4) is 0 Å². The predicted molar refractivity (Wildman–Crippen MR) is 196 cm³/mol. The lowest BCUT2D eigenvalue weighted by Crippen LogP contribution is -2.41. The summed E-state index contributed by atoms with van der Waals surface area (Å²) in [6, 6.07) is 12.0. The highest BCUT2D eigenvalue weighted by molar-refractivity contribution is 7.90.